The zero-order valence-corrected chi connectivity index (χ0v) is 15.2. The van der Waals surface area contributed by atoms with Gasteiger partial charge in [0.2, 0.25) is 5.88 Å². The van der Waals surface area contributed by atoms with Crippen molar-refractivity contribution in [2.24, 2.45) is 0 Å². The third-order valence-corrected chi connectivity index (χ3v) is 5.39. The Labute approximate surface area is 151 Å². The summed E-state index contributed by atoms with van der Waals surface area (Å²) in [7, 11) is 0. The minimum absolute atomic E-state index is 0.0998. The molecule has 25 heavy (non-hydrogen) atoms. The average molecular weight is 365 g/mol. The smallest absolute Gasteiger partial charge is 0.409 e. The molecule has 0 spiro atoms. The molecule has 136 valence electrons. The summed E-state index contributed by atoms with van der Waals surface area (Å²) in [4.78, 5) is 32.3. The number of aromatic nitrogens is 1. The van der Waals surface area contributed by atoms with Crippen molar-refractivity contribution in [3.63, 3.8) is 0 Å². The van der Waals surface area contributed by atoms with Crippen molar-refractivity contribution >= 4 is 23.8 Å². The number of carbonyl (C=O) groups is 2. The van der Waals surface area contributed by atoms with E-state index in [9.17, 15) is 9.59 Å². The van der Waals surface area contributed by atoms with Crippen LogP contribution in [0, 0.1) is 0 Å². The first-order valence-corrected chi connectivity index (χ1v) is 9.75. The molecule has 1 atom stereocenters. The number of amides is 2. The van der Waals surface area contributed by atoms with Gasteiger partial charge in [-0.2, -0.15) is 11.8 Å². The van der Waals surface area contributed by atoms with Gasteiger partial charge in [-0.1, -0.05) is 0 Å². The summed E-state index contributed by atoms with van der Waals surface area (Å²) in [5.74, 6) is 2.32. The van der Waals surface area contributed by atoms with Crippen molar-refractivity contribution in [3.05, 3.63) is 23.9 Å². The predicted octanol–water partition coefficient (Wildman–Crippen LogP) is 1.88. The van der Waals surface area contributed by atoms with Crippen molar-refractivity contribution in [3.8, 4) is 5.88 Å². The number of ether oxygens (including phenoxy) is 2. The van der Waals surface area contributed by atoms with E-state index in [1.54, 1.807) is 35.1 Å². The number of hydrogen-bond donors (Lipinski definition) is 0. The highest BCUT2D eigenvalue weighted by Gasteiger charge is 2.28. The Morgan fingerprint density at radius 3 is 2.72 bits per heavy atom. The summed E-state index contributed by atoms with van der Waals surface area (Å²) in [5.41, 5.74) is 0.490. The molecule has 1 aromatic heterocycles. The van der Waals surface area contributed by atoms with E-state index >= 15 is 0 Å². The van der Waals surface area contributed by atoms with Gasteiger partial charge in [0.1, 0.15) is 11.7 Å². The third-order valence-electron chi connectivity index (χ3n) is 4.26. The minimum Gasteiger partial charge on any atom is -0.473 e. The van der Waals surface area contributed by atoms with E-state index in [1.165, 1.54) is 0 Å². The third kappa shape index (κ3) is 4.36. The molecule has 2 aliphatic rings. The van der Waals surface area contributed by atoms with E-state index in [-0.39, 0.29) is 18.1 Å². The quantitative estimate of drug-likeness (QED) is 0.811. The van der Waals surface area contributed by atoms with E-state index in [4.69, 9.17) is 9.47 Å². The maximum absolute atomic E-state index is 12.9. The van der Waals surface area contributed by atoms with Crippen LogP contribution in [0.25, 0.3) is 0 Å². The van der Waals surface area contributed by atoms with Crippen LogP contribution in [0.2, 0.25) is 0 Å². The number of pyridine rings is 1. The molecule has 1 unspecified atom stereocenters. The molecule has 0 saturated carbocycles. The van der Waals surface area contributed by atoms with Crippen LogP contribution in [0.5, 0.6) is 5.88 Å². The normalized spacial score (nSPS) is 20.4. The molecular weight excluding hydrogens is 342 g/mol. The average Bonchev–Trinajstić information content (AvgIpc) is 3.15. The molecule has 2 saturated heterocycles. The van der Waals surface area contributed by atoms with E-state index in [2.05, 4.69) is 4.98 Å². The lowest BCUT2D eigenvalue weighted by Gasteiger charge is -2.34. The van der Waals surface area contributed by atoms with Crippen LogP contribution in [0.15, 0.2) is 18.3 Å². The topological polar surface area (TPSA) is 72.0 Å². The summed E-state index contributed by atoms with van der Waals surface area (Å²) in [5, 5.41) is 0. The largest absolute Gasteiger partial charge is 0.473 e. The van der Waals surface area contributed by atoms with E-state index < -0.39 is 0 Å². The molecule has 3 rings (SSSR count). The molecule has 0 N–H and O–H groups in total. The molecule has 1 aromatic rings. The fourth-order valence-electron chi connectivity index (χ4n) is 2.89. The molecule has 0 aliphatic carbocycles. The van der Waals surface area contributed by atoms with Crippen molar-refractivity contribution in [1.82, 2.24) is 14.8 Å². The fraction of sp³-hybridized carbons (Fsp3) is 0.588. The lowest BCUT2D eigenvalue weighted by atomic mass is 10.2. The second-order valence-electron chi connectivity index (χ2n) is 5.94. The van der Waals surface area contributed by atoms with Crippen molar-refractivity contribution < 1.29 is 19.1 Å². The van der Waals surface area contributed by atoms with Gasteiger partial charge in [-0.05, 0) is 31.2 Å². The van der Waals surface area contributed by atoms with Gasteiger partial charge in [0.15, 0.2) is 0 Å². The van der Waals surface area contributed by atoms with Crippen LogP contribution in [0.3, 0.4) is 0 Å². The molecule has 0 bridgehead atoms. The van der Waals surface area contributed by atoms with Crippen LogP contribution in [0.1, 0.15) is 23.7 Å². The number of hydrogen-bond acceptors (Lipinski definition) is 6. The molecule has 2 amide bonds. The van der Waals surface area contributed by atoms with Crippen LogP contribution >= 0.6 is 11.8 Å². The van der Waals surface area contributed by atoms with Crippen LogP contribution in [0.4, 0.5) is 4.79 Å². The minimum atomic E-state index is -0.321. The summed E-state index contributed by atoms with van der Waals surface area (Å²) in [6, 6.07) is 3.50. The van der Waals surface area contributed by atoms with E-state index in [0.717, 1.165) is 17.9 Å². The maximum atomic E-state index is 12.9. The molecule has 8 heteroatoms. The van der Waals surface area contributed by atoms with Crippen molar-refractivity contribution in [1.29, 1.82) is 0 Å². The molecule has 7 nitrogen and oxygen atoms in total. The van der Waals surface area contributed by atoms with Gasteiger partial charge in [0, 0.05) is 38.1 Å². The number of piperazine rings is 1. The highest BCUT2D eigenvalue weighted by molar-refractivity contribution is 7.99. The van der Waals surface area contributed by atoms with Crippen molar-refractivity contribution in [2.45, 2.75) is 19.4 Å². The van der Waals surface area contributed by atoms with Gasteiger partial charge in [0.05, 0.1) is 6.61 Å². The Morgan fingerprint density at radius 1 is 1.28 bits per heavy atom. The molecular formula is C17H23N3O4S. The number of nitrogens with zero attached hydrogens (tertiary/aromatic N) is 3. The first kappa shape index (κ1) is 17.8. The summed E-state index contributed by atoms with van der Waals surface area (Å²) in [6.07, 6.45) is 2.42. The van der Waals surface area contributed by atoms with Gasteiger partial charge in [-0.25, -0.2) is 9.78 Å². The van der Waals surface area contributed by atoms with Crippen molar-refractivity contribution in [2.75, 3.05) is 44.3 Å². The molecule has 0 aromatic carbocycles. The predicted molar refractivity (Wildman–Crippen MR) is 95.1 cm³/mol. The summed E-state index contributed by atoms with van der Waals surface area (Å²) < 4.78 is 11.0. The Balaban J connectivity index is 1.63. The summed E-state index contributed by atoms with van der Waals surface area (Å²) in [6.45, 7) is 4.04. The number of rotatable bonds is 4. The lowest BCUT2D eigenvalue weighted by molar-refractivity contribution is 0.0564. The second-order valence-corrected chi connectivity index (χ2v) is 7.09. The molecule has 0 radical (unpaired) electrons. The SMILES string of the molecule is CCOC(=O)N1CCN(C(=O)c2cccnc2OC2CCSC2)CC1. The Hall–Kier alpha value is -1.96. The van der Waals surface area contributed by atoms with Crippen LogP contribution in [-0.2, 0) is 4.74 Å². The first-order chi connectivity index (χ1) is 12.2. The molecule has 3 heterocycles. The van der Waals surface area contributed by atoms with Crippen LogP contribution in [-0.4, -0.2) is 77.2 Å². The highest BCUT2D eigenvalue weighted by atomic mass is 32.2. The Morgan fingerprint density at radius 2 is 2.04 bits per heavy atom. The van der Waals surface area contributed by atoms with Crippen LogP contribution < -0.4 is 4.74 Å². The number of thioether (sulfide) groups is 1. The van der Waals surface area contributed by atoms with Gasteiger partial charge in [0.25, 0.3) is 5.91 Å². The van der Waals surface area contributed by atoms with Gasteiger partial charge < -0.3 is 19.3 Å². The standard InChI is InChI=1S/C17H23N3O4S/c1-2-23-17(22)20-9-7-19(8-10-20)16(21)14-4-3-6-18-15(14)24-13-5-11-25-12-13/h3-4,6,13H,2,5,7-12H2,1H3. The maximum Gasteiger partial charge on any atom is 0.409 e. The lowest BCUT2D eigenvalue weighted by Crippen LogP contribution is -2.50. The van der Waals surface area contributed by atoms with Gasteiger partial charge in [-0.3, -0.25) is 4.79 Å². The molecule has 2 aliphatic heterocycles. The Bertz CT molecular complexity index is 614. The number of carbonyl (C=O) groups excluding carboxylic acids is 2. The zero-order valence-electron chi connectivity index (χ0n) is 14.3. The summed E-state index contributed by atoms with van der Waals surface area (Å²) >= 11 is 1.85. The van der Waals surface area contributed by atoms with E-state index in [0.29, 0.717) is 44.2 Å². The first-order valence-electron chi connectivity index (χ1n) is 8.59. The van der Waals surface area contributed by atoms with Gasteiger partial charge in [-0.15, -0.1) is 0 Å². The van der Waals surface area contributed by atoms with E-state index in [1.807, 2.05) is 11.8 Å². The Kier molecular flexibility index (Phi) is 6.01. The monoisotopic (exact) mass is 365 g/mol. The van der Waals surface area contributed by atoms with Gasteiger partial charge >= 0.3 is 6.09 Å². The zero-order chi connectivity index (χ0) is 17.6. The molecule has 2 fully saturated rings. The highest BCUT2D eigenvalue weighted by Crippen LogP contribution is 2.25. The fourth-order valence-corrected chi connectivity index (χ4v) is 3.98. The second kappa shape index (κ2) is 8.42.